The predicted octanol–water partition coefficient (Wildman–Crippen LogP) is 2.30. The zero-order valence-electron chi connectivity index (χ0n) is 10.3. The highest BCUT2D eigenvalue weighted by molar-refractivity contribution is 5.58. The molecule has 0 aliphatic carbocycles. The second-order valence-corrected chi connectivity index (χ2v) is 3.93. The third kappa shape index (κ3) is 3.16. The van der Waals surface area contributed by atoms with Crippen LogP contribution in [0, 0.1) is 0 Å². The molecule has 2 aromatic rings. The van der Waals surface area contributed by atoms with E-state index in [-0.39, 0.29) is 0 Å². The van der Waals surface area contributed by atoms with Crippen molar-refractivity contribution < 1.29 is 4.74 Å². The van der Waals surface area contributed by atoms with Crippen LogP contribution in [0.2, 0.25) is 0 Å². The Bertz CT molecular complexity index is 481. The Labute approximate surface area is 106 Å². The van der Waals surface area contributed by atoms with Crippen LogP contribution in [0.5, 0.6) is 5.88 Å². The molecule has 5 heteroatoms. The number of unbranched alkanes of at least 4 members (excludes halogenated alkanes) is 1. The lowest BCUT2D eigenvalue weighted by Crippen LogP contribution is -1.98. The highest BCUT2D eigenvalue weighted by Crippen LogP contribution is 2.18. The van der Waals surface area contributed by atoms with Crippen molar-refractivity contribution in [2.75, 3.05) is 12.3 Å². The van der Waals surface area contributed by atoms with Gasteiger partial charge in [0.2, 0.25) is 5.88 Å². The number of hydrogen-bond donors (Lipinski definition) is 1. The fourth-order valence-corrected chi connectivity index (χ4v) is 1.43. The lowest BCUT2D eigenvalue weighted by atomic mass is 10.2. The summed E-state index contributed by atoms with van der Waals surface area (Å²) in [4.78, 5) is 4.23. The van der Waals surface area contributed by atoms with Crippen molar-refractivity contribution in [2.45, 2.75) is 19.8 Å². The van der Waals surface area contributed by atoms with E-state index in [0.717, 1.165) is 24.1 Å². The van der Waals surface area contributed by atoms with Gasteiger partial charge in [-0.2, -0.15) is 0 Å². The molecule has 0 atom stereocenters. The molecule has 5 nitrogen and oxygen atoms in total. The standard InChI is InChI=1S/C13H16N4O/c1-2-3-8-18-13-7-4-10(9-15-13)11-5-6-12(14)17-16-11/h4-7,9H,2-3,8H2,1H3,(H2,14,17). The van der Waals surface area contributed by atoms with E-state index >= 15 is 0 Å². The number of pyridine rings is 1. The molecule has 0 saturated carbocycles. The van der Waals surface area contributed by atoms with Crippen molar-refractivity contribution in [3.8, 4) is 17.1 Å². The van der Waals surface area contributed by atoms with Gasteiger partial charge in [0.05, 0.1) is 12.3 Å². The summed E-state index contributed by atoms with van der Waals surface area (Å²) in [6.07, 6.45) is 3.87. The fourth-order valence-electron chi connectivity index (χ4n) is 1.43. The molecule has 0 spiro atoms. The van der Waals surface area contributed by atoms with Gasteiger partial charge in [-0.1, -0.05) is 13.3 Å². The smallest absolute Gasteiger partial charge is 0.213 e. The van der Waals surface area contributed by atoms with Crippen LogP contribution in [0.4, 0.5) is 5.82 Å². The normalized spacial score (nSPS) is 10.3. The van der Waals surface area contributed by atoms with Crippen LogP contribution in [0.15, 0.2) is 30.5 Å². The second-order valence-electron chi connectivity index (χ2n) is 3.93. The molecule has 0 aromatic carbocycles. The van der Waals surface area contributed by atoms with E-state index in [1.54, 1.807) is 12.3 Å². The number of hydrogen-bond acceptors (Lipinski definition) is 5. The van der Waals surface area contributed by atoms with Gasteiger partial charge in [-0.3, -0.25) is 0 Å². The molecule has 0 bridgehead atoms. The summed E-state index contributed by atoms with van der Waals surface area (Å²) < 4.78 is 5.49. The highest BCUT2D eigenvalue weighted by atomic mass is 16.5. The van der Waals surface area contributed by atoms with Crippen LogP contribution in [-0.2, 0) is 0 Å². The van der Waals surface area contributed by atoms with Crippen LogP contribution in [0.1, 0.15) is 19.8 Å². The molecule has 2 N–H and O–H groups in total. The number of aromatic nitrogens is 3. The maximum atomic E-state index is 5.49. The molecule has 0 aliphatic rings. The van der Waals surface area contributed by atoms with Gasteiger partial charge in [0.15, 0.2) is 0 Å². The van der Waals surface area contributed by atoms with Crippen LogP contribution in [0.3, 0.4) is 0 Å². The molecule has 0 radical (unpaired) electrons. The third-order valence-electron chi connectivity index (χ3n) is 2.47. The number of rotatable bonds is 5. The van der Waals surface area contributed by atoms with Gasteiger partial charge in [-0.15, -0.1) is 10.2 Å². The van der Waals surface area contributed by atoms with Crippen molar-refractivity contribution in [3.05, 3.63) is 30.5 Å². The van der Waals surface area contributed by atoms with E-state index in [2.05, 4.69) is 22.1 Å². The van der Waals surface area contributed by atoms with Crippen molar-refractivity contribution in [3.63, 3.8) is 0 Å². The van der Waals surface area contributed by atoms with Gasteiger partial charge in [-0.25, -0.2) is 4.98 Å². The molecule has 2 heterocycles. The van der Waals surface area contributed by atoms with Gasteiger partial charge in [0.1, 0.15) is 5.82 Å². The molecule has 2 rings (SSSR count). The monoisotopic (exact) mass is 244 g/mol. The summed E-state index contributed by atoms with van der Waals surface area (Å²) >= 11 is 0. The molecule has 0 fully saturated rings. The van der Waals surface area contributed by atoms with Crippen molar-refractivity contribution in [1.29, 1.82) is 0 Å². The number of nitrogens with two attached hydrogens (primary N) is 1. The van der Waals surface area contributed by atoms with Crippen molar-refractivity contribution >= 4 is 5.82 Å². The fraction of sp³-hybridized carbons (Fsp3) is 0.308. The molecular weight excluding hydrogens is 228 g/mol. The van der Waals surface area contributed by atoms with Gasteiger partial charge in [0, 0.05) is 17.8 Å². The zero-order chi connectivity index (χ0) is 12.8. The van der Waals surface area contributed by atoms with E-state index in [4.69, 9.17) is 10.5 Å². The zero-order valence-corrected chi connectivity index (χ0v) is 10.3. The number of nitrogen functional groups attached to an aromatic ring is 1. The highest BCUT2D eigenvalue weighted by Gasteiger charge is 2.01. The molecule has 0 amide bonds. The van der Waals surface area contributed by atoms with Gasteiger partial charge in [-0.05, 0) is 24.6 Å². The van der Waals surface area contributed by atoms with Crippen LogP contribution >= 0.6 is 0 Å². The molecule has 0 aliphatic heterocycles. The average Bonchev–Trinajstić information content (AvgIpc) is 2.41. The van der Waals surface area contributed by atoms with Crippen LogP contribution < -0.4 is 10.5 Å². The Morgan fingerprint density at radius 1 is 1.17 bits per heavy atom. The number of nitrogens with zero attached hydrogens (tertiary/aromatic N) is 3. The summed E-state index contributed by atoms with van der Waals surface area (Å²) in [6, 6.07) is 7.28. The Kier molecular flexibility index (Phi) is 4.06. The first-order chi connectivity index (χ1) is 8.79. The molecule has 0 saturated heterocycles. The lowest BCUT2D eigenvalue weighted by Gasteiger charge is -2.05. The number of anilines is 1. The van der Waals surface area contributed by atoms with E-state index in [1.807, 2.05) is 18.2 Å². The molecule has 0 unspecified atom stereocenters. The minimum absolute atomic E-state index is 0.409. The molecule has 18 heavy (non-hydrogen) atoms. The van der Waals surface area contributed by atoms with E-state index < -0.39 is 0 Å². The topological polar surface area (TPSA) is 73.9 Å². The molecule has 2 aromatic heterocycles. The van der Waals surface area contributed by atoms with E-state index in [0.29, 0.717) is 18.3 Å². The summed E-state index contributed by atoms with van der Waals surface area (Å²) in [5.74, 6) is 1.04. The predicted molar refractivity (Wildman–Crippen MR) is 70.1 cm³/mol. The average molecular weight is 244 g/mol. The van der Waals surface area contributed by atoms with Gasteiger partial charge < -0.3 is 10.5 Å². The summed E-state index contributed by atoms with van der Waals surface area (Å²) in [5, 5.41) is 7.81. The Morgan fingerprint density at radius 2 is 2.06 bits per heavy atom. The quantitative estimate of drug-likeness (QED) is 0.817. The summed E-state index contributed by atoms with van der Waals surface area (Å²) in [6.45, 7) is 2.82. The first-order valence-electron chi connectivity index (χ1n) is 5.98. The summed E-state index contributed by atoms with van der Waals surface area (Å²) in [7, 11) is 0. The SMILES string of the molecule is CCCCOc1ccc(-c2ccc(N)nn2)cn1. The van der Waals surface area contributed by atoms with Gasteiger partial charge in [0.25, 0.3) is 0 Å². The molecule has 94 valence electrons. The van der Waals surface area contributed by atoms with Crippen molar-refractivity contribution in [2.24, 2.45) is 0 Å². The van der Waals surface area contributed by atoms with Crippen LogP contribution in [-0.4, -0.2) is 21.8 Å². The largest absolute Gasteiger partial charge is 0.478 e. The van der Waals surface area contributed by atoms with E-state index in [9.17, 15) is 0 Å². The minimum Gasteiger partial charge on any atom is -0.478 e. The minimum atomic E-state index is 0.409. The summed E-state index contributed by atoms with van der Waals surface area (Å²) in [5.41, 5.74) is 7.13. The second kappa shape index (κ2) is 5.95. The van der Waals surface area contributed by atoms with Crippen LogP contribution in [0.25, 0.3) is 11.3 Å². The number of ether oxygens (including phenoxy) is 1. The van der Waals surface area contributed by atoms with Crippen molar-refractivity contribution in [1.82, 2.24) is 15.2 Å². The molecular formula is C13H16N4O. The van der Waals surface area contributed by atoms with E-state index in [1.165, 1.54) is 0 Å². The first-order valence-corrected chi connectivity index (χ1v) is 5.98. The first kappa shape index (κ1) is 12.3. The van der Waals surface area contributed by atoms with Gasteiger partial charge >= 0.3 is 0 Å². The Balaban J connectivity index is 2.05. The Morgan fingerprint density at radius 3 is 2.67 bits per heavy atom. The lowest BCUT2D eigenvalue weighted by molar-refractivity contribution is 0.298. The Hall–Kier alpha value is -2.17. The maximum Gasteiger partial charge on any atom is 0.213 e. The maximum absolute atomic E-state index is 5.49. The third-order valence-corrected chi connectivity index (χ3v) is 2.47.